The number of imidazole rings is 1. The van der Waals surface area contributed by atoms with Gasteiger partial charge < -0.3 is 20.9 Å². The van der Waals surface area contributed by atoms with Crippen molar-refractivity contribution in [1.29, 1.82) is 0 Å². The van der Waals surface area contributed by atoms with E-state index in [9.17, 15) is 9.59 Å². The first kappa shape index (κ1) is 18.7. The minimum atomic E-state index is -0.524. The smallest absolute Gasteiger partial charge is 0.269 e. The molecule has 7 heteroatoms. The van der Waals surface area contributed by atoms with Crippen LogP contribution in [0.15, 0.2) is 24.3 Å². The van der Waals surface area contributed by atoms with Gasteiger partial charge in [-0.25, -0.2) is 4.98 Å². The first-order valence-electron chi connectivity index (χ1n) is 8.45. The predicted molar refractivity (Wildman–Crippen MR) is 97.0 cm³/mol. The summed E-state index contributed by atoms with van der Waals surface area (Å²) in [6, 6.07) is 6.89. The molecule has 2 heterocycles. The summed E-state index contributed by atoms with van der Waals surface area (Å²) in [6.07, 6.45) is 0.963. The zero-order valence-corrected chi connectivity index (χ0v) is 15.0. The lowest BCUT2D eigenvalue weighted by atomic mass is 10.1. The van der Waals surface area contributed by atoms with E-state index in [0.717, 1.165) is 30.8 Å². The van der Waals surface area contributed by atoms with E-state index < -0.39 is 11.8 Å². The number of nitrogens with two attached hydrogens (primary N) is 2. The fraction of sp³-hybridized carbons (Fsp3) is 0.389. The van der Waals surface area contributed by atoms with Gasteiger partial charge in [0.1, 0.15) is 5.82 Å². The molecule has 0 aliphatic carbocycles. The topological polar surface area (TPSA) is 107 Å². The molecule has 2 amide bonds. The number of benzene rings is 1. The van der Waals surface area contributed by atoms with Crippen LogP contribution >= 0.6 is 0 Å². The minimum Gasteiger partial charge on any atom is -0.366 e. The lowest BCUT2D eigenvalue weighted by Crippen LogP contribution is -2.21. The van der Waals surface area contributed by atoms with Gasteiger partial charge in [0.05, 0.1) is 5.69 Å². The third kappa shape index (κ3) is 3.88. The van der Waals surface area contributed by atoms with Gasteiger partial charge in [-0.2, -0.15) is 0 Å². The van der Waals surface area contributed by atoms with Gasteiger partial charge in [-0.15, -0.1) is 0 Å². The summed E-state index contributed by atoms with van der Waals surface area (Å²) in [4.78, 5) is 29.5. The van der Waals surface area contributed by atoms with Crippen molar-refractivity contribution >= 4 is 11.8 Å². The fourth-order valence-electron chi connectivity index (χ4n) is 2.92. The molecule has 0 unspecified atom stereocenters. The van der Waals surface area contributed by atoms with Crippen molar-refractivity contribution in [2.45, 2.75) is 33.4 Å². The maximum atomic E-state index is 11.7. The zero-order valence-electron chi connectivity index (χ0n) is 15.0. The van der Waals surface area contributed by atoms with Crippen LogP contribution in [0.2, 0.25) is 0 Å². The number of fused-ring (bicyclic) bond motifs is 1. The van der Waals surface area contributed by atoms with Gasteiger partial charge in [-0.05, 0) is 32.1 Å². The molecule has 134 valence electrons. The van der Waals surface area contributed by atoms with Crippen LogP contribution in [-0.2, 0) is 13.1 Å². The molecule has 0 spiro atoms. The van der Waals surface area contributed by atoms with Gasteiger partial charge in [0, 0.05) is 24.2 Å². The summed E-state index contributed by atoms with van der Waals surface area (Å²) in [7, 11) is 2.01. The Labute approximate surface area is 147 Å². The third-order valence-corrected chi connectivity index (χ3v) is 4.07. The lowest BCUT2D eigenvalue weighted by molar-refractivity contribution is 0.0988. The van der Waals surface area contributed by atoms with Crippen LogP contribution in [0, 0.1) is 0 Å². The first-order valence-corrected chi connectivity index (χ1v) is 8.45. The Kier molecular flexibility index (Phi) is 5.93. The van der Waals surface area contributed by atoms with Crippen LogP contribution in [0.25, 0.3) is 11.4 Å². The van der Waals surface area contributed by atoms with Crippen molar-refractivity contribution in [2.75, 3.05) is 13.6 Å². The van der Waals surface area contributed by atoms with Crippen LogP contribution in [0.4, 0.5) is 0 Å². The summed E-state index contributed by atoms with van der Waals surface area (Å²) >= 11 is 0. The molecular formula is C18H25N5O2. The van der Waals surface area contributed by atoms with Crippen molar-refractivity contribution in [3.8, 4) is 11.4 Å². The van der Waals surface area contributed by atoms with E-state index in [2.05, 4.69) is 9.88 Å². The standard InChI is InChI=1S/C16H19N5O2.C2H6/c1-20-7-2-8-21-12(9-20)13(15(18)23)19-16(21)11-5-3-10(4-6-11)14(17)22;1-2/h3-6H,2,7-9H2,1H3,(H2,17,22)(H2,18,23);1-2H3. The van der Waals surface area contributed by atoms with E-state index in [1.807, 2.05) is 25.5 Å². The zero-order chi connectivity index (χ0) is 18.6. The minimum absolute atomic E-state index is 0.313. The second-order valence-corrected chi connectivity index (χ2v) is 5.78. The second-order valence-electron chi connectivity index (χ2n) is 5.78. The quantitative estimate of drug-likeness (QED) is 0.882. The molecule has 4 N–H and O–H groups in total. The molecule has 0 saturated carbocycles. The number of hydrogen-bond donors (Lipinski definition) is 2. The highest BCUT2D eigenvalue weighted by Crippen LogP contribution is 2.26. The maximum absolute atomic E-state index is 11.7. The van der Waals surface area contributed by atoms with E-state index in [0.29, 0.717) is 23.6 Å². The largest absolute Gasteiger partial charge is 0.366 e. The fourth-order valence-corrected chi connectivity index (χ4v) is 2.92. The Hall–Kier alpha value is -2.67. The normalized spacial score (nSPS) is 14.0. The van der Waals surface area contributed by atoms with Crippen molar-refractivity contribution in [3.63, 3.8) is 0 Å². The summed E-state index contributed by atoms with van der Waals surface area (Å²) in [5.41, 5.74) is 13.2. The monoisotopic (exact) mass is 343 g/mol. The average molecular weight is 343 g/mol. The Morgan fingerprint density at radius 3 is 2.24 bits per heavy atom. The number of primary amides is 2. The van der Waals surface area contributed by atoms with Gasteiger partial charge in [0.25, 0.3) is 5.91 Å². The van der Waals surface area contributed by atoms with Crippen molar-refractivity contribution in [2.24, 2.45) is 11.5 Å². The maximum Gasteiger partial charge on any atom is 0.269 e. The highest BCUT2D eigenvalue weighted by molar-refractivity contribution is 5.94. The summed E-state index contributed by atoms with van der Waals surface area (Å²) < 4.78 is 2.04. The molecule has 0 radical (unpaired) electrons. The number of carbonyl (C=O) groups excluding carboxylic acids is 2. The van der Waals surface area contributed by atoms with E-state index in [-0.39, 0.29) is 0 Å². The molecule has 1 aliphatic heterocycles. The van der Waals surface area contributed by atoms with E-state index >= 15 is 0 Å². The van der Waals surface area contributed by atoms with Gasteiger partial charge >= 0.3 is 0 Å². The SMILES string of the molecule is CC.CN1CCCn2c(-c3ccc(C(N)=O)cc3)nc(C(N)=O)c2C1. The Balaban J connectivity index is 0.00000109. The Bertz CT molecular complexity index is 765. The third-order valence-electron chi connectivity index (χ3n) is 4.07. The Morgan fingerprint density at radius 2 is 1.68 bits per heavy atom. The summed E-state index contributed by atoms with van der Waals surface area (Å²) in [5, 5.41) is 0. The number of hydrogen-bond acceptors (Lipinski definition) is 4. The predicted octanol–water partition coefficient (Wildman–Crippen LogP) is 1.61. The molecule has 1 aromatic carbocycles. The van der Waals surface area contributed by atoms with Crippen molar-refractivity contribution in [1.82, 2.24) is 14.5 Å². The molecule has 1 aliphatic rings. The van der Waals surface area contributed by atoms with Crippen LogP contribution < -0.4 is 11.5 Å². The summed E-state index contributed by atoms with van der Waals surface area (Å²) in [5.74, 6) is -0.304. The first-order chi connectivity index (χ1) is 12.0. The molecule has 3 rings (SSSR count). The molecule has 0 bridgehead atoms. The van der Waals surface area contributed by atoms with Crippen molar-refractivity contribution < 1.29 is 9.59 Å². The molecule has 0 fully saturated rings. The molecule has 7 nitrogen and oxygen atoms in total. The molecule has 1 aromatic heterocycles. The van der Waals surface area contributed by atoms with Crippen LogP contribution in [0.5, 0.6) is 0 Å². The van der Waals surface area contributed by atoms with E-state index in [1.54, 1.807) is 24.3 Å². The molecule has 0 atom stereocenters. The van der Waals surface area contributed by atoms with E-state index in [1.165, 1.54) is 0 Å². The van der Waals surface area contributed by atoms with E-state index in [4.69, 9.17) is 11.5 Å². The highest BCUT2D eigenvalue weighted by Gasteiger charge is 2.24. The van der Waals surface area contributed by atoms with Gasteiger partial charge in [0.2, 0.25) is 5.91 Å². The van der Waals surface area contributed by atoms with Crippen LogP contribution in [-0.4, -0.2) is 39.9 Å². The second kappa shape index (κ2) is 7.94. The average Bonchev–Trinajstić information content (AvgIpc) is 2.84. The van der Waals surface area contributed by atoms with Crippen LogP contribution in [0.3, 0.4) is 0 Å². The van der Waals surface area contributed by atoms with Crippen molar-refractivity contribution in [3.05, 3.63) is 41.2 Å². The molecule has 25 heavy (non-hydrogen) atoms. The number of carbonyl (C=O) groups is 2. The summed E-state index contributed by atoms with van der Waals surface area (Å²) in [6.45, 7) is 6.34. The Morgan fingerprint density at radius 1 is 1.04 bits per heavy atom. The van der Waals surface area contributed by atoms with Gasteiger partial charge in [-0.1, -0.05) is 26.0 Å². The number of nitrogens with zero attached hydrogens (tertiary/aromatic N) is 3. The molecule has 0 saturated heterocycles. The lowest BCUT2D eigenvalue weighted by Gasteiger charge is -2.12. The highest BCUT2D eigenvalue weighted by atomic mass is 16.1. The molecular weight excluding hydrogens is 318 g/mol. The number of aromatic nitrogens is 2. The number of amides is 2. The molecule has 2 aromatic rings. The van der Waals surface area contributed by atoms with Gasteiger partial charge in [0.15, 0.2) is 5.69 Å². The number of rotatable bonds is 3. The van der Waals surface area contributed by atoms with Crippen LogP contribution in [0.1, 0.15) is 46.8 Å². The van der Waals surface area contributed by atoms with Gasteiger partial charge in [-0.3, -0.25) is 9.59 Å².